The maximum atomic E-state index is 12.6. The topological polar surface area (TPSA) is 76.4 Å². The van der Waals surface area contributed by atoms with Crippen LogP contribution in [-0.4, -0.2) is 63.8 Å². The second-order valence-corrected chi connectivity index (χ2v) is 5.45. The number of methoxy groups -OCH3 is 1. The Morgan fingerprint density at radius 1 is 1.26 bits per heavy atom. The molecule has 1 aliphatic heterocycles. The highest BCUT2D eigenvalue weighted by molar-refractivity contribution is 5.95. The van der Waals surface area contributed by atoms with Gasteiger partial charge in [0.25, 0.3) is 5.91 Å². The van der Waals surface area contributed by atoms with E-state index in [0.29, 0.717) is 43.6 Å². The van der Waals surface area contributed by atoms with E-state index in [2.05, 4.69) is 20.0 Å². The van der Waals surface area contributed by atoms with Gasteiger partial charge in [0.15, 0.2) is 0 Å². The first-order valence-electron chi connectivity index (χ1n) is 7.50. The summed E-state index contributed by atoms with van der Waals surface area (Å²) in [6.07, 6.45) is 3.31. The predicted molar refractivity (Wildman–Crippen MR) is 84.6 cm³/mol. The molecule has 0 atom stereocenters. The summed E-state index contributed by atoms with van der Waals surface area (Å²) in [5, 5.41) is 4.14. The lowest BCUT2D eigenvalue weighted by Crippen LogP contribution is -2.49. The van der Waals surface area contributed by atoms with Crippen LogP contribution in [0.2, 0.25) is 0 Å². The Morgan fingerprint density at radius 2 is 2.00 bits per heavy atom. The average molecular weight is 316 g/mol. The zero-order chi connectivity index (χ0) is 16.4. The van der Waals surface area contributed by atoms with E-state index in [1.54, 1.807) is 30.3 Å². The van der Waals surface area contributed by atoms with Crippen molar-refractivity contribution in [1.82, 2.24) is 24.6 Å². The standard InChI is InChI=1S/C15H20N6O2/c1-11-12(10-17-19(11)2)14(22)20-6-8-21(9-7-20)15-16-5-4-13(18-15)23-3/h4-5,10H,6-9H2,1-3H3. The van der Waals surface area contributed by atoms with Gasteiger partial charge in [0.2, 0.25) is 11.8 Å². The molecule has 0 spiro atoms. The summed E-state index contributed by atoms with van der Waals surface area (Å²) in [5.41, 5.74) is 1.55. The maximum absolute atomic E-state index is 12.6. The molecule has 0 saturated carbocycles. The number of carbonyl (C=O) groups excluding carboxylic acids is 1. The second-order valence-electron chi connectivity index (χ2n) is 5.45. The Kier molecular flexibility index (Phi) is 4.14. The molecule has 0 aliphatic carbocycles. The first-order valence-corrected chi connectivity index (χ1v) is 7.50. The van der Waals surface area contributed by atoms with Gasteiger partial charge in [-0.25, -0.2) is 4.98 Å². The van der Waals surface area contributed by atoms with Crippen molar-refractivity contribution in [3.8, 4) is 5.88 Å². The van der Waals surface area contributed by atoms with Crippen molar-refractivity contribution < 1.29 is 9.53 Å². The summed E-state index contributed by atoms with van der Waals surface area (Å²) < 4.78 is 6.84. The van der Waals surface area contributed by atoms with E-state index in [0.717, 1.165) is 5.69 Å². The normalized spacial score (nSPS) is 14.9. The van der Waals surface area contributed by atoms with Gasteiger partial charge in [0.05, 0.1) is 18.9 Å². The Morgan fingerprint density at radius 3 is 2.61 bits per heavy atom. The largest absolute Gasteiger partial charge is 0.481 e. The smallest absolute Gasteiger partial charge is 0.257 e. The van der Waals surface area contributed by atoms with Crippen molar-refractivity contribution >= 4 is 11.9 Å². The Balaban J connectivity index is 1.66. The van der Waals surface area contributed by atoms with Gasteiger partial charge in [-0.3, -0.25) is 9.48 Å². The molecular weight excluding hydrogens is 296 g/mol. The molecule has 1 saturated heterocycles. The third kappa shape index (κ3) is 2.96. The molecule has 2 aromatic heterocycles. The van der Waals surface area contributed by atoms with Gasteiger partial charge in [-0.05, 0) is 6.92 Å². The molecule has 122 valence electrons. The number of ether oxygens (including phenoxy) is 1. The first-order chi connectivity index (χ1) is 11.1. The number of carbonyl (C=O) groups is 1. The van der Waals surface area contributed by atoms with Gasteiger partial charge in [0, 0.05) is 51.2 Å². The molecule has 2 aromatic rings. The predicted octanol–water partition coefficient (Wildman–Crippen LogP) is 0.490. The molecule has 0 bridgehead atoms. The van der Waals surface area contributed by atoms with Crippen LogP contribution in [0.5, 0.6) is 5.88 Å². The number of aromatic nitrogens is 4. The zero-order valence-corrected chi connectivity index (χ0v) is 13.6. The number of hydrogen-bond donors (Lipinski definition) is 0. The van der Waals surface area contributed by atoms with Crippen LogP contribution >= 0.6 is 0 Å². The van der Waals surface area contributed by atoms with E-state index in [-0.39, 0.29) is 5.91 Å². The minimum Gasteiger partial charge on any atom is -0.481 e. The molecule has 1 amide bonds. The van der Waals surface area contributed by atoms with Crippen LogP contribution in [0.3, 0.4) is 0 Å². The van der Waals surface area contributed by atoms with Crippen molar-refractivity contribution in [1.29, 1.82) is 0 Å². The van der Waals surface area contributed by atoms with Crippen molar-refractivity contribution in [2.45, 2.75) is 6.92 Å². The molecule has 0 unspecified atom stereocenters. The Labute approximate surface area is 134 Å². The summed E-state index contributed by atoms with van der Waals surface area (Å²) >= 11 is 0. The van der Waals surface area contributed by atoms with Gasteiger partial charge >= 0.3 is 0 Å². The average Bonchev–Trinajstić information content (AvgIpc) is 2.93. The van der Waals surface area contributed by atoms with E-state index in [4.69, 9.17) is 4.74 Å². The summed E-state index contributed by atoms with van der Waals surface area (Å²) in [6.45, 7) is 4.55. The zero-order valence-electron chi connectivity index (χ0n) is 13.6. The highest BCUT2D eigenvalue weighted by Crippen LogP contribution is 2.16. The van der Waals surface area contributed by atoms with Crippen molar-refractivity contribution in [3.63, 3.8) is 0 Å². The fourth-order valence-electron chi connectivity index (χ4n) is 2.59. The molecule has 1 aliphatic rings. The molecule has 8 heteroatoms. The van der Waals surface area contributed by atoms with Crippen molar-refractivity contribution in [3.05, 3.63) is 29.7 Å². The minimum atomic E-state index is 0.0295. The number of aryl methyl sites for hydroxylation is 1. The summed E-state index contributed by atoms with van der Waals surface area (Å²) in [7, 11) is 3.42. The van der Waals surface area contributed by atoms with Crippen LogP contribution in [0, 0.1) is 6.92 Å². The van der Waals surface area contributed by atoms with Crippen LogP contribution in [0.1, 0.15) is 16.1 Å². The van der Waals surface area contributed by atoms with Crippen molar-refractivity contribution in [2.75, 3.05) is 38.2 Å². The third-order valence-corrected chi connectivity index (χ3v) is 4.14. The fourth-order valence-corrected chi connectivity index (χ4v) is 2.59. The lowest BCUT2D eigenvalue weighted by Gasteiger charge is -2.34. The van der Waals surface area contributed by atoms with E-state index in [1.807, 2.05) is 18.9 Å². The number of anilines is 1. The highest BCUT2D eigenvalue weighted by atomic mass is 16.5. The highest BCUT2D eigenvalue weighted by Gasteiger charge is 2.25. The van der Waals surface area contributed by atoms with Gasteiger partial charge in [-0.1, -0.05) is 0 Å². The van der Waals surface area contributed by atoms with E-state index in [1.165, 1.54) is 0 Å². The molecular formula is C15H20N6O2. The van der Waals surface area contributed by atoms with Crippen LogP contribution in [0.25, 0.3) is 0 Å². The van der Waals surface area contributed by atoms with Crippen LogP contribution in [-0.2, 0) is 7.05 Å². The molecule has 8 nitrogen and oxygen atoms in total. The lowest BCUT2D eigenvalue weighted by molar-refractivity contribution is 0.0745. The number of hydrogen-bond acceptors (Lipinski definition) is 6. The number of amides is 1. The quantitative estimate of drug-likeness (QED) is 0.820. The van der Waals surface area contributed by atoms with Gasteiger partial charge in [-0.15, -0.1) is 0 Å². The summed E-state index contributed by atoms with van der Waals surface area (Å²) in [5.74, 6) is 1.20. The fraction of sp³-hybridized carbons (Fsp3) is 0.467. The molecule has 0 radical (unpaired) electrons. The molecule has 3 rings (SSSR count). The lowest BCUT2D eigenvalue weighted by atomic mass is 10.2. The van der Waals surface area contributed by atoms with Crippen molar-refractivity contribution in [2.24, 2.45) is 7.05 Å². The molecule has 23 heavy (non-hydrogen) atoms. The number of piperazine rings is 1. The van der Waals surface area contributed by atoms with Gasteiger partial charge in [-0.2, -0.15) is 10.1 Å². The van der Waals surface area contributed by atoms with Crippen LogP contribution in [0.4, 0.5) is 5.95 Å². The Hall–Kier alpha value is -2.64. The Bertz CT molecular complexity index is 706. The van der Waals surface area contributed by atoms with E-state index >= 15 is 0 Å². The minimum absolute atomic E-state index is 0.0295. The maximum Gasteiger partial charge on any atom is 0.257 e. The second kappa shape index (κ2) is 6.23. The third-order valence-electron chi connectivity index (χ3n) is 4.14. The molecule has 3 heterocycles. The monoisotopic (exact) mass is 316 g/mol. The molecule has 1 fully saturated rings. The first kappa shape index (κ1) is 15.3. The summed E-state index contributed by atoms with van der Waals surface area (Å²) in [6, 6.07) is 1.72. The van der Waals surface area contributed by atoms with E-state index in [9.17, 15) is 4.79 Å². The summed E-state index contributed by atoms with van der Waals surface area (Å²) in [4.78, 5) is 25.1. The van der Waals surface area contributed by atoms with E-state index < -0.39 is 0 Å². The number of nitrogens with zero attached hydrogens (tertiary/aromatic N) is 6. The van der Waals surface area contributed by atoms with Gasteiger partial charge in [0.1, 0.15) is 0 Å². The van der Waals surface area contributed by atoms with Crippen LogP contribution < -0.4 is 9.64 Å². The number of rotatable bonds is 3. The SMILES string of the molecule is COc1ccnc(N2CCN(C(=O)c3cnn(C)c3C)CC2)n1. The molecule has 0 aromatic carbocycles. The van der Waals surface area contributed by atoms with Crippen LogP contribution in [0.15, 0.2) is 18.5 Å². The van der Waals surface area contributed by atoms with Gasteiger partial charge < -0.3 is 14.5 Å². The molecule has 0 N–H and O–H groups in total.